The van der Waals surface area contributed by atoms with E-state index in [9.17, 15) is 9.59 Å². The van der Waals surface area contributed by atoms with Crippen molar-refractivity contribution < 1.29 is 4.79 Å². The molecule has 0 unspecified atom stereocenters. The number of nitrogens with zero attached hydrogens (tertiary/aromatic N) is 2. The highest BCUT2D eigenvalue weighted by molar-refractivity contribution is 8.00. The van der Waals surface area contributed by atoms with Crippen molar-refractivity contribution in [1.82, 2.24) is 15.1 Å². The maximum absolute atomic E-state index is 12.5. The van der Waals surface area contributed by atoms with Crippen LogP contribution in [0.2, 0.25) is 5.02 Å². The van der Waals surface area contributed by atoms with Crippen LogP contribution in [0, 0.1) is 13.8 Å². The molecule has 0 saturated carbocycles. The van der Waals surface area contributed by atoms with E-state index in [-0.39, 0.29) is 16.7 Å². The van der Waals surface area contributed by atoms with Crippen LogP contribution < -0.4 is 10.9 Å². The van der Waals surface area contributed by atoms with Crippen LogP contribution in [0.5, 0.6) is 0 Å². The summed E-state index contributed by atoms with van der Waals surface area (Å²) in [5, 5.41) is 8.17. The molecule has 1 aromatic heterocycles. The van der Waals surface area contributed by atoms with Crippen LogP contribution in [0.1, 0.15) is 23.6 Å². The fourth-order valence-electron chi connectivity index (χ4n) is 2.70. The van der Waals surface area contributed by atoms with Crippen LogP contribution in [0.25, 0.3) is 5.69 Å². The van der Waals surface area contributed by atoms with Crippen molar-refractivity contribution >= 4 is 29.3 Å². The maximum atomic E-state index is 12.5. The Bertz CT molecular complexity index is 1100. The zero-order chi connectivity index (χ0) is 21.0. The first-order valence-electron chi connectivity index (χ1n) is 9.21. The molecule has 0 aliphatic heterocycles. The van der Waals surface area contributed by atoms with Crippen molar-refractivity contribution in [3.63, 3.8) is 0 Å². The number of carbonyl (C=O) groups excluding carboxylic acids is 1. The molecule has 3 rings (SSSR count). The van der Waals surface area contributed by atoms with Gasteiger partial charge in [0.1, 0.15) is 5.03 Å². The van der Waals surface area contributed by atoms with E-state index in [1.807, 2.05) is 50.2 Å². The van der Waals surface area contributed by atoms with Crippen LogP contribution in [-0.4, -0.2) is 20.9 Å². The van der Waals surface area contributed by atoms with E-state index in [0.29, 0.717) is 22.3 Å². The molecular formula is C22H22ClN3O2S. The average molecular weight is 428 g/mol. The topological polar surface area (TPSA) is 64.0 Å². The van der Waals surface area contributed by atoms with Gasteiger partial charge in [0.25, 0.3) is 5.56 Å². The van der Waals surface area contributed by atoms with Crippen molar-refractivity contribution in [2.45, 2.75) is 37.6 Å². The van der Waals surface area contributed by atoms with Crippen LogP contribution in [0.4, 0.5) is 0 Å². The summed E-state index contributed by atoms with van der Waals surface area (Å²) >= 11 is 7.43. The van der Waals surface area contributed by atoms with Gasteiger partial charge in [-0.25, -0.2) is 0 Å². The van der Waals surface area contributed by atoms with Gasteiger partial charge in [-0.15, -0.1) is 0 Å². The summed E-state index contributed by atoms with van der Waals surface area (Å²) in [5.74, 6) is -0.124. The van der Waals surface area contributed by atoms with Gasteiger partial charge in [0.15, 0.2) is 0 Å². The van der Waals surface area contributed by atoms with Crippen LogP contribution in [0.3, 0.4) is 0 Å². The highest BCUT2D eigenvalue weighted by atomic mass is 35.5. The third-order valence-corrected chi connectivity index (χ3v) is 5.98. The van der Waals surface area contributed by atoms with Crippen molar-refractivity contribution in [2.75, 3.05) is 0 Å². The summed E-state index contributed by atoms with van der Waals surface area (Å²) in [4.78, 5) is 24.7. The molecule has 0 aliphatic carbocycles. The van der Waals surface area contributed by atoms with Gasteiger partial charge in [0, 0.05) is 17.6 Å². The lowest BCUT2D eigenvalue weighted by Crippen LogP contribution is -2.30. The lowest BCUT2D eigenvalue weighted by Gasteiger charge is -2.13. The number of aryl methyl sites for hydroxylation is 2. The van der Waals surface area contributed by atoms with Crippen molar-refractivity contribution in [3.8, 4) is 5.69 Å². The van der Waals surface area contributed by atoms with E-state index < -0.39 is 0 Å². The molecule has 1 N–H and O–H groups in total. The molecular weight excluding hydrogens is 406 g/mol. The fourth-order valence-corrected chi connectivity index (χ4v) is 3.73. The molecule has 0 radical (unpaired) electrons. The Morgan fingerprint density at radius 2 is 1.90 bits per heavy atom. The SMILES string of the molecule is Cc1ccc(-n2nc(S[C@@H](C)C(=O)NCc3ccccc3Cl)ccc2=O)cc1C. The normalized spacial score (nSPS) is 11.9. The molecule has 2 aromatic carbocycles. The third kappa shape index (κ3) is 5.28. The number of rotatable bonds is 6. The molecule has 1 heterocycles. The summed E-state index contributed by atoms with van der Waals surface area (Å²) < 4.78 is 1.36. The number of nitrogens with one attached hydrogen (secondary N) is 1. The van der Waals surface area contributed by atoms with E-state index in [0.717, 1.165) is 16.7 Å². The Morgan fingerprint density at radius 3 is 2.62 bits per heavy atom. The van der Waals surface area contributed by atoms with E-state index in [4.69, 9.17) is 11.6 Å². The van der Waals surface area contributed by atoms with Crippen LogP contribution in [-0.2, 0) is 11.3 Å². The van der Waals surface area contributed by atoms with Crippen molar-refractivity contribution in [1.29, 1.82) is 0 Å². The molecule has 29 heavy (non-hydrogen) atoms. The van der Waals surface area contributed by atoms with Gasteiger partial charge in [-0.05, 0) is 61.7 Å². The second-order valence-electron chi connectivity index (χ2n) is 6.76. The number of thioether (sulfide) groups is 1. The molecule has 3 aromatic rings. The predicted molar refractivity (Wildman–Crippen MR) is 118 cm³/mol. The summed E-state index contributed by atoms with van der Waals surface area (Å²) in [7, 11) is 0. The lowest BCUT2D eigenvalue weighted by atomic mass is 10.1. The average Bonchev–Trinajstić information content (AvgIpc) is 2.70. The van der Waals surface area contributed by atoms with Crippen molar-refractivity contribution in [3.05, 3.63) is 86.7 Å². The molecule has 1 amide bonds. The summed E-state index contributed by atoms with van der Waals surface area (Å²) in [6.45, 7) is 6.18. The first kappa shape index (κ1) is 21.1. The first-order valence-corrected chi connectivity index (χ1v) is 10.5. The number of amides is 1. The minimum absolute atomic E-state index is 0.124. The van der Waals surface area contributed by atoms with Gasteiger partial charge in [-0.1, -0.05) is 47.6 Å². The lowest BCUT2D eigenvalue weighted by molar-refractivity contribution is -0.120. The first-order chi connectivity index (χ1) is 13.8. The minimum Gasteiger partial charge on any atom is -0.351 e. The second kappa shape index (κ2) is 9.29. The van der Waals surface area contributed by atoms with Gasteiger partial charge < -0.3 is 5.32 Å². The molecule has 7 heteroatoms. The Morgan fingerprint density at radius 1 is 1.14 bits per heavy atom. The quantitative estimate of drug-likeness (QED) is 0.595. The van der Waals surface area contributed by atoms with E-state index in [1.54, 1.807) is 19.1 Å². The number of aromatic nitrogens is 2. The van der Waals surface area contributed by atoms with Gasteiger partial charge >= 0.3 is 0 Å². The largest absolute Gasteiger partial charge is 0.351 e. The summed E-state index contributed by atoms with van der Waals surface area (Å²) in [6, 6.07) is 16.3. The number of halogens is 1. The third-order valence-electron chi connectivity index (χ3n) is 4.59. The Labute approximate surface area is 179 Å². The Hall–Kier alpha value is -2.57. The molecule has 0 saturated heterocycles. The Kier molecular flexibility index (Phi) is 6.77. The predicted octanol–water partition coefficient (Wildman–Crippen LogP) is 4.30. The van der Waals surface area contributed by atoms with Gasteiger partial charge in [0.2, 0.25) is 5.91 Å². The van der Waals surface area contributed by atoms with Gasteiger partial charge in [-0.2, -0.15) is 9.78 Å². The second-order valence-corrected chi connectivity index (χ2v) is 8.53. The highest BCUT2D eigenvalue weighted by Crippen LogP contribution is 2.21. The monoisotopic (exact) mass is 427 g/mol. The molecule has 5 nitrogen and oxygen atoms in total. The number of hydrogen-bond donors (Lipinski definition) is 1. The number of carbonyl (C=O) groups is 1. The van der Waals surface area contributed by atoms with Gasteiger partial charge in [-0.3, -0.25) is 9.59 Å². The Balaban J connectivity index is 1.71. The van der Waals surface area contributed by atoms with E-state index >= 15 is 0 Å². The van der Waals surface area contributed by atoms with Crippen LogP contribution >= 0.6 is 23.4 Å². The highest BCUT2D eigenvalue weighted by Gasteiger charge is 2.16. The fraction of sp³-hybridized carbons (Fsp3) is 0.227. The molecule has 0 bridgehead atoms. The molecule has 0 aliphatic rings. The van der Waals surface area contributed by atoms with Crippen LogP contribution in [0.15, 0.2) is 64.4 Å². The summed E-state index contributed by atoms with van der Waals surface area (Å²) in [6.07, 6.45) is 0. The van der Waals surface area contributed by atoms with Gasteiger partial charge in [0.05, 0.1) is 10.9 Å². The zero-order valence-electron chi connectivity index (χ0n) is 16.5. The molecule has 150 valence electrons. The van der Waals surface area contributed by atoms with Crippen molar-refractivity contribution in [2.24, 2.45) is 0 Å². The molecule has 0 spiro atoms. The smallest absolute Gasteiger partial charge is 0.271 e. The van der Waals surface area contributed by atoms with E-state index in [2.05, 4.69) is 10.4 Å². The maximum Gasteiger partial charge on any atom is 0.271 e. The number of hydrogen-bond acceptors (Lipinski definition) is 4. The standard InChI is InChI=1S/C22H22ClN3O2S/c1-14-8-9-18(12-15(14)2)26-21(27)11-10-20(25-26)29-16(3)22(28)24-13-17-6-4-5-7-19(17)23/h4-12,16H,13H2,1-3H3,(H,24,28)/t16-/m0/s1. The molecule has 1 atom stereocenters. The minimum atomic E-state index is -0.379. The number of benzene rings is 2. The molecule has 0 fully saturated rings. The van der Waals surface area contributed by atoms with E-state index in [1.165, 1.54) is 22.5 Å². The summed E-state index contributed by atoms with van der Waals surface area (Å²) in [5.41, 5.74) is 3.59. The zero-order valence-corrected chi connectivity index (χ0v) is 18.1.